The third-order valence-electron chi connectivity index (χ3n) is 4.99. The Morgan fingerprint density at radius 3 is 2.85 bits per heavy atom. The predicted molar refractivity (Wildman–Crippen MR) is 105 cm³/mol. The first-order valence-corrected chi connectivity index (χ1v) is 11.2. The Morgan fingerprint density at radius 2 is 2.11 bits per heavy atom. The lowest BCUT2D eigenvalue weighted by Gasteiger charge is -2.24. The number of benzene rings is 1. The van der Waals surface area contributed by atoms with E-state index >= 15 is 0 Å². The average Bonchev–Trinajstić information content (AvgIpc) is 3.04. The number of carbonyl (C=O) groups excluding carboxylic acids is 1. The number of amides is 1. The molecule has 0 saturated carbocycles. The van der Waals surface area contributed by atoms with E-state index in [1.54, 1.807) is 30.1 Å². The van der Waals surface area contributed by atoms with Crippen LogP contribution in [0.2, 0.25) is 0 Å². The van der Waals surface area contributed by atoms with Gasteiger partial charge >= 0.3 is 0 Å². The van der Waals surface area contributed by atoms with Gasteiger partial charge in [0.2, 0.25) is 15.9 Å². The molecule has 2 atom stereocenters. The summed E-state index contributed by atoms with van der Waals surface area (Å²) in [5.74, 6) is 0.00630. The van der Waals surface area contributed by atoms with Crippen molar-refractivity contribution in [2.75, 3.05) is 33.7 Å². The van der Waals surface area contributed by atoms with E-state index < -0.39 is 10.0 Å². The minimum Gasteiger partial charge on any atom is -0.346 e. The van der Waals surface area contributed by atoms with Crippen molar-refractivity contribution < 1.29 is 13.2 Å². The van der Waals surface area contributed by atoms with Crippen LogP contribution in [-0.4, -0.2) is 72.6 Å². The minimum atomic E-state index is -3.72. The van der Waals surface area contributed by atoms with Gasteiger partial charge < -0.3 is 9.80 Å². The van der Waals surface area contributed by atoms with Crippen molar-refractivity contribution in [2.45, 2.75) is 30.7 Å². The van der Waals surface area contributed by atoms with Crippen molar-refractivity contribution in [1.29, 1.82) is 0 Å². The van der Waals surface area contributed by atoms with Crippen LogP contribution in [0, 0.1) is 5.92 Å². The zero-order valence-corrected chi connectivity index (χ0v) is 17.4. The van der Waals surface area contributed by atoms with Crippen LogP contribution in [0.5, 0.6) is 0 Å². The molecule has 0 bridgehead atoms. The Labute approximate surface area is 163 Å². The molecule has 1 aliphatic heterocycles. The van der Waals surface area contributed by atoms with Crippen LogP contribution in [0.4, 0.5) is 0 Å². The Bertz CT molecular complexity index is 914. The van der Waals surface area contributed by atoms with Crippen LogP contribution in [0.1, 0.15) is 19.8 Å². The molecule has 0 radical (unpaired) electrons. The number of carbonyl (C=O) groups is 1. The maximum Gasteiger partial charge on any atom is 0.243 e. The molecule has 1 aliphatic rings. The highest BCUT2D eigenvalue weighted by Gasteiger charge is 2.31. The molecule has 1 aromatic carbocycles. The summed E-state index contributed by atoms with van der Waals surface area (Å²) in [6.07, 6.45) is 1.27. The molecule has 1 fully saturated rings. The molecule has 0 spiro atoms. The molecule has 8 nitrogen and oxygen atoms in total. The van der Waals surface area contributed by atoms with E-state index in [9.17, 15) is 13.2 Å². The Balaban J connectivity index is 1.75. The number of hydrogen-bond donors (Lipinski definition) is 1. The van der Waals surface area contributed by atoms with E-state index in [1.807, 2.05) is 18.9 Å². The van der Waals surface area contributed by atoms with Gasteiger partial charge in [-0.05, 0) is 38.9 Å². The van der Waals surface area contributed by atoms with Gasteiger partial charge in [0.15, 0.2) is 0 Å². The standard InChI is InChI=1S/C17H25N5O3S2/c1-4-22(3)17(23)12-8-9-13(11-21(2)10-12)20-27(24,25)15-7-5-6-14-16(15)19-26-18-14/h5-7,12-13,20H,4,8-11H2,1-3H3/t12-,13+/m1/s1. The topological polar surface area (TPSA) is 95.5 Å². The van der Waals surface area contributed by atoms with Gasteiger partial charge in [0, 0.05) is 32.7 Å². The van der Waals surface area contributed by atoms with Gasteiger partial charge in [-0.3, -0.25) is 4.79 Å². The first kappa shape index (κ1) is 20.1. The molecule has 1 amide bonds. The molecule has 2 aromatic rings. The molecule has 148 valence electrons. The van der Waals surface area contributed by atoms with Gasteiger partial charge in [0.1, 0.15) is 15.9 Å². The Morgan fingerprint density at radius 1 is 1.33 bits per heavy atom. The number of likely N-dealkylation sites (tertiary alicyclic amines) is 1. The lowest BCUT2D eigenvalue weighted by molar-refractivity contribution is -0.134. The predicted octanol–water partition coefficient (Wildman–Crippen LogP) is 1.16. The van der Waals surface area contributed by atoms with Gasteiger partial charge in [-0.25, -0.2) is 13.1 Å². The average molecular weight is 412 g/mol. The second-order valence-electron chi connectivity index (χ2n) is 7.05. The van der Waals surface area contributed by atoms with E-state index in [4.69, 9.17) is 0 Å². The number of nitrogens with zero attached hydrogens (tertiary/aromatic N) is 4. The summed E-state index contributed by atoms with van der Waals surface area (Å²) in [5, 5.41) is 0. The van der Waals surface area contributed by atoms with Crippen molar-refractivity contribution in [3.8, 4) is 0 Å². The van der Waals surface area contributed by atoms with Crippen molar-refractivity contribution in [3.05, 3.63) is 18.2 Å². The monoisotopic (exact) mass is 411 g/mol. The van der Waals surface area contributed by atoms with Crippen LogP contribution in [-0.2, 0) is 14.8 Å². The van der Waals surface area contributed by atoms with Crippen molar-refractivity contribution in [2.24, 2.45) is 5.92 Å². The highest BCUT2D eigenvalue weighted by Crippen LogP contribution is 2.23. The third kappa shape index (κ3) is 4.45. The van der Waals surface area contributed by atoms with Crippen LogP contribution >= 0.6 is 11.7 Å². The highest BCUT2D eigenvalue weighted by atomic mass is 32.2. The quantitative estimate of drug-likeness (QED) is 0.793. The summed E-state index contributed by atoms with van der Waals surface area (Å²) < 4.78 is 36.9. The fourth-order valence-corrected chi connectivity index (χ4v) is 5.49. The summed E-state index contributed by atoms with van der Waals surface area (Å²) in [6, 6.07) is 4.71. The highest BCUT2D eigenvalue weighted by molar-refractivity contribution is 7.89. The summed E-state index contributed by atoms with van der Waals surface area (Å²) in [4.78, 5) is 16.4. The first-order chi connectivity index (χ1) is 12.8. The summed E-state index contributed by atoms with van der Waals surface area (Å²) >= 11 is 0.999. The molecule has 1 aromatic heterocycles. The number of fused-ring (bicyclic) bond motifs is 1. The van der Waals surface area contributed by atoms with Crippen molar-refractivity contribution in [3.63, 3.8) is 0 Å². The van der Waals surface area contributed by atoms with E-state index in [0.29, 0.717) is 43.5 Å². The Hall–Kier alpha value is -1.62. The number of sulfonamides is 1. The second-order valence-corrected chi connectivity index (χ2v) is 9.27. The number of aromatic nitrogens is 2. The molecule has 1 N–H and O–H groups in total. The summed E-state index contributed by atoms with van der Waals surface area (Å²) in [5.41, 5.74) is 0.976. The van der Waals surface area contributed by atoms with Gasteiger partial charge in [-0.1, -0.05) is 6.07 Å². The normalized spacial score (nSPS) is 21.9. The summed E-state index contributed by atoms with van der Waals surface area (Å²) in [7, 11) is -0.000508. The van der Waals surface area contributed by atoms with Crippen LogP contribution in [0.15, 0.2) is 23.1 Å². The first-order valence-electron chi connectivity index (χ1n) is 8.99. The molecule has 2 heterocycles. The van der Waals surface area contributed by atoms with Crippen LogP contribution < -0.4 is 4.72 Å². The third-order valence-corrected chi connectivity index (χ3v) is 7.08. The van der Waals surface area contributed by atoms with Crippen LogP contribution in [0.25, 0.3) is 11.0 Å². The smallest absolute Gasteiger partial charge is 0.243 e. The zero-order chi connectivity index (χ0) is 19.6. The fourth-order valence-electron chi connectivity index (χ4n) is 3.46. The molecule has 27 heavy (non-hydrogen) atoms. The zero-order valence-electron chi connectivity index (χ0n) is 15.8. The molecule has 0 unspecified atom stereocenters. The maximum atomic E-state index is 12.9. The maximum absolute atomic E-state index is 12.9. The number of nitrogens with one attached hydrogen (secondary N) is 1. The van der Waals surface area contributed by atoms with E-state index in [1.165, 1.54) is 0 Å². The van der Waals surface area contributed by atoms with Crippen molar-refractivity contribution >= 4 is 38.7 Å². The molecular formula is C17H25N5O3S2. The molecular weight excluding hydrogens is 386 g/mol. The van der Waals surface area contributed by atoms with E-state index in [-0.39, 0.29) is 22.8 Å². The van der Waals surface area contributed by atoms with Gasteiger partial charge in [0.05, 0.1) is 17.6 Å². The van der Waals surface area contributed by atoms with E-state index in [2.05, 4.69) is 13.5 Å². The number of rotatable bonds is 5. The SMILES string of the molecule is CCN(C)C(=O)[C@@H]1CC[C@H](NS(=O)(=O)c2cccc3nsnc23)CN(C)C1. The largest absolute Gasteiger partial charge is 0.346 e. The number of hydrogen-bond acceptors (Lipinski definition) is 7. The Kier molecular flexibility index (Phi) is 6.09. The molecule has 0 aliphatic carbocycles. The van der Waals surface area contributed by atoms with Gasteiger partial charge in [-0.15, -0.1) is 0 Å². The van der Waals surface area contributed by atoms with Crippen LogP contribution in [0.3, 0.4) is 0 Å². The molecule has 3 rings (SSSR count). The van der Waals surface area contributed by atoms with Gasteiger partial charge in [0.25, 0.3) is 0 Å². The second kappa shape index (κ2) is 8.17. The van der Waals surface area contributed by atoms with E-state index in [0.717, 1.165) is 11.7 Å². The lowest BCUT2D eigenvalue weighted by Crippen LogP contribution is -2.42. The molecule has 1 saturated heterocycles. The minimum absolute atomic E-state index is 0.111. The molecule has 10 heteroatoms. The lowest BCUT2D eigenvalue weighted by atomic mass is 10.0. The van der Waals surface area contributed by atoms with Crippen molar-refractivity contribution in [1.82, 2.24) is 23.3 Å². The van der Waals surface area contributed by atoms with Gasteiger partial charge in [-0.2, -0.15) is 8.75 Å². The number of likely N-dealkylation sites (N-methyl/N-ethyl adjacent to an activating group) is 1. The fraction of sp³-hybridized carbons (Fsp3) is 0.588. The summed E-state index contributed by atoms with van der Waals surface area (Å²) in [6.45, 7) is 3.81.